The van der Waals surface area contributed by atoms with Crippen molar-refractivity contribution in [1.82, 2.24) is 9.97 Å². The summed E-state index contributed by atoms with van der Waals surface area (Å²) in [5, 5.41) is 0. The Labute approximate surface area is 148 Å². The fourth-order valence-corrected chi connectivity index (χ4v) is 2.48. The van der Waals surface area contributed by atoms with Crippen molar-refractivity contribution >= 4 is 5.97 Å². The van der Waals surface area contributed by atoms with E-state index in [9.17, 15) is 4.79 Å². The van der Waals surface area contributed by atoms with E-state index < -0.39 is 11.8 Å². The molecule has 1 aromatic carbocycles. The number of benzene rings is 1. The Morgan fingerprint density at radius 3 is 2.20 bits per heavy atom. The molecule has 2 rings (SSSR count). The van der Waals surface area contributed by atoms with Gasteiger partial charge in [0.15, 0.2) is 5.79 Å². The molecular weight excluding hydrogens is 320 g/mol. The lowest BCUT2D eigenvalue weighted by molar-refractivity contribution is -0.229. The lowest BCUT2D eigenvalue weighted by atomic mass is 10.0. The molecule has 1 aromatic heterocycles. The van der Waals surface area contributed by atoms with Crippen molar-refractivity contribution < 1.29 is 19.0 Å². The summed E-state index contributed by atoms with van der Waals surface area (Å²) in [5.74, 6) is -1.17. The first-order chi connectivity index (χ1) is 12.1. The fourth-order valence-electron chi connectivity index (χ4n) is 2.48. The molecule has 0 aliphatic heterocycles. The van der Waals surface area contributed by atoms with E-state index in [0.29, 0.717) is 31.8 Å². The first-order valence-electron chi connectivity index (χ1n) is 8.38. The average Bonchev–Trinajstić information content (AvgIpc) is 2.63. The summed E-state index contributed by atoms with van der Waals surface area (Å²) in [4.78, 5) is 19.4. The van der Waals surface area contributed by atoms with E-state index in [4.69, 9.17) is 14.2 Å². The summed E-state index contributed by atoms with van der Waals surface area (Å²) in [7, 11) is 0. The van der Waals surface area contributed by atoms with Gasteiger partial charge in [-0.3, -0.25) is 0 Å². The first kappa shape index (κ1) is 19.0. The zero-order valence-corrected chi connectivity index (χ0v) is 14.9. The molecule has 0 bridgehead atoms. The van der Waals surface area contributed by atoms with E-state index in [2.05, 4.69) is 9.97 Å². The summed E-state index contributed by atoms with van der Waals surface area (Å²) < 4.78 is 16.7. The summed E-state index contributed by atoms with van der Waals surface area (Å²) in [5.41, 5.74) is 2.37. The van der Waals surface area contributed by atoms with Crippen LogP contribution in [-0.4, -0.2) is 35.8 Å². The summed E-state index contributed by atoms with van der Waals surface area (Å²) in [6, 6.07) is 7.94. The van der Waals surface area contributed by atoms with Crippen LogP contribution in [-0.2, 0) is 26.4 Å². The Hall–Kier alpha value is -2.31. The average molecular weight is 344 g/mol. The number of hydrogen-bond donors (Lipinski definition) is 0. The van der Waals surface area contributed by atoms with Crippen LogP contribution in [0.3, 0.4) is 0 Å². The maximum atomic E-state index is 11.8. The second-order valence-corrected chi connectivity index (χ2v) is 5.52. The molecule has 0 aliphatic carbocycles. The maximum Gasteiger partial charge on any atom is 0.341 e. The molecule has 6 heteroatoms. The van der Waals surface area contributed by atoms with Gasteiger partial charge in [-0.1, -0.05) is 24.3 Å². The fraction of sp³-hybridized carbons (Fsp3) is 0.421. The minimum atomic E-state index is -0.748. The second-order valence-electron chi connectivity index (χ2n) is 5.52. The third-order valence-electron chi connectivity index (χ3n) is 3.74. The van der Waals surface area contributed by atoms with Crippen molar-refractivity contribution in [3.05, 3.63) is 59.7 Å². The predicted molar refractivity (Wildman–Crippen MR) is 93.1 cm³/mol. The molecule has 6 nitrogen and oxygen atoms in total. The number of rotatable bonds is 9. The number of nitrogens with zero attached hydrogens (tertiary/aromatic N) is 2. The Kier molecular flexibility index (Phi) is 7.03. The van der Waals surface area contributed by atoms with Crippen LogP contribution in [0, 0.1) is 0 Å². The third-order valence-corrected chi connectivity index (χ3v) is 3.74. The van der Waals surface area contributed by atoms with Crippen LogP contribution in [0.2, 0.25) is 0 Å². The third kappa shape index (κ3) is 5.34. The van der Waals surface area contributed by atoms with Gasteiger partial charge in [-0.05, 0) is 26.3 Å². The molecule has 0 saturated carbocycles. The van der Waals surface area contributed by atoms with Gasteiger partial charge in [-0.25, -0.2) is 14.8 Å². The zero-order valence-electron chi connectivity index (χ0n) is 14.9. The molecule has 0 radical (unpaired) electrons. The molecule has 25 heavy (non-hydrogen) atoms. The monoisotopic (exact) mass is 344 g/mol. The number of carbonyl (C=O) groups is 1. The van der Waals surface area contributed by atoms with E-state index in [1.54, 1.807) is 0 Å². The molecule has 2 aromatic rings. The Morgan fingerprint density at radius 2 is 1.64 bits per heavy atom. The molecule has 0 unspecified atom stereocenters. The van der Waals surface area contributed by atoms with Crippen LogP contribution < -0.4 is 0 Å². The molecule has 0 amide bonds. The Bertz CT molecular complexity index is 653. The molecule has 0 N–H and O–H groups in total. The Balaban J connectivity index is 1.91. The van der Waals surface area contributed by atoms with Crippen molar-refractivity contribution in [2.75, 3.05) is 19.8 Å². The molecule has 134 valence electrons. The number of carbonyl (C=O) groups excluding carboxylic acids is 1. The van der Waals surface area contributed by atoms with E-state index in [0.717, 1.165) is 11.1 Å². The molecule has 0 atom stereocenters. The van der Waals surface area contributed by atoms with E-state index in [1.165, 1.54) is 18.7 Å². The number of aromatic nitrogens is 2. The van der Waals surface area contributed by atoms with Gasteiger partial charge in [-0.15, -0.1) is 0 Å². The lowest BCUT2D eigenvalue weighted by Gasteiger charge is -2.29. The summed E-state index contributed by atoms with van der Waals surface area (Å²) in [6.45, 7) is 7.23. The molecule has 0 aliphatic rings. The van der Waals surface area contributed by atoms with Crippen LogP contribution >= 0.6 is 0 Å². The minimum absolute atomic E-state index is 0.293. The highest BCUT2D eigenvalue weighted by molar-refractivity contribution is 5.88. The molecular formula is C19H24N2O4. The second kappa shape index (κ2) is 9.25. The van der Waals surface area contributed by atoms with Crippen molar-refractivity contribution in [3.63, 3.8) is 0 Å². The zero-order chi connectivity index (χ0) is 18.1. The summed E-state index contributed by atoms with van der Waals surface area (Å²) in [6.07, 6.45) is 4.87. The molecule has 0 spiro atoms. The van der Waals surface area contributed by atoms with Crippen LogP contribution in [0.4, 0.5) is 0 Å². The van der Waals surface area contributed by atoms with Gasteiger partial charge >= 0.3 is 5.97 Å². The smallest absolute Gasteiger partial charge is 0.341 e. The van der Waals surface area contributed by atoms with Crippen LogP contribution in [0.5, 0.6) is 0 Å². The van der Waals surface area contributed by atoms with Gasteiger partial charge in [0.1, 0.15) is 6.33 Å². The van der Waals surface area contributed by atoms with Gasteiger partial charge in [0, 0.05) is 37.6 Å². The lowest BCUT2D eigenvalue weighted by Crippen LogP contribution is -2.29. The quantitative estimate of drug-likeness (QED) is 0.514. The minimum Gasteiger partial charge on any atom is -0.462 e. The maximum absolute atomic E-state index is 11.8. The van der Waals surface area contributed by atoms with Crippen molar-refractivity contribution in [1.29, 1.82) is 0 Å². The van der Waals surface area contributed by atoms with Gasteiger partial charge in [-0.2, -0.15) is 0 Å². The topological polar surface area (TPSA) is 70.5 Å². The molecule has 0 saturated heterocycles. The van der Waals surface area contributed by atoms with E-state index >= 15 is 0 Å². The largest absolute Gasteiger partial charge is 0.462 e. The van der Waals surface area contributed by atoms with Gasteiger partial charge < -0.3 is 14.2 Å². The van der Waals surface area contributed by atoms with Crippen LogP contribution in [0.15, 0.2) is 43.0 Å². The van der Waals surface area contributed by atoms with E-state index in [1.807, 2.05) is 45.0 Å². The van der Waals surface area contributed by atoms with Gasteiger partial charge in [0.25, 0.3) is 0 Å². The van der Waals surface area contributed by atoms with E-state index in [-0.39, 0.29) is 0 Å². The predicted octanol–water partition coefficient (Wildman–Crippen LogP) is 3.12. The summed E-state index contributed by atoms with van der Waals surface area (Å²) >= 11 is 0. The molecule has 1 heterocycles. The number of esters is 1. The highest BCUT2D eigenvalue weighted by atomic mass is 16.7. The standard InChI is InChI=1S/C19H24N2O4/c1-4-24-19(3,25-5-2)17-8-6-15(7-9-17)10-11-23-18(22)16-12-20-14-21-13-16/h6-9,12-14H,4-5,10-11H2,1-3H3. The SMILES string of the molecule is CCOC(C)(OCC)c1ccc(CCOC(=O)c2cncnc2)cc1. The highest BCUT2D eigenvalue weighted by Crippen LogP contribution is 2.27. The normalized spacial score (nSPS) is 11.3. The first-order valence-corrected chi connectivity index (χ1v) is 8.38. The molecule has 0 fully saturated rings. The van der Waals surface area contributed by atoms with Gasteiger partial charge in [0.05, 0.1) is 12.2 Å². The van der Waals surface area contributed by atoms with Crippen LogP contribution in [0.25, 0.3) is 0 Å². The van der Waals surface area contributed by atoms with Gasteiger partial charge in [0.2, 0.25) is 0 Å². The van der Waals surface area contributed by atoms with Crippen molar-refractivity contribution in [2.24, 2.45) is 0 Å². The number of ether oxygens (including phenoxy) is 3. The Morgan fingerprint density at radius 1 is 1.04 bits per heavy atom. The number of hydrogen-bond acceptors (Lipinski definition) is 6. The van der Waals surface area contributed by atoms with Crippen LogP contribution in [0.1, 0.15) is 42.3 Å². The highest BCUT2D eigenvalue weighted by Gasteiger charge is 2.27. The van der Waals surface area contributed by atoms with Crippen molar-refractivity contribution in [2.45, 2.75) is 33.0 Å². The van der Waals surface area contributed by atoms with Crippen molar-refractivity contribution in [3.8, 4) is 0 Å².